The molecule has 1 aliphatic rings. The molecule has 6 heteroatoms. The lowest BCUT2D eigenvalue weighted by Crippen LogP contribution is -2.49. The summed E-state index contributed by atoms with van der Waals surface area (Å²) < 4.78 is 0. The zero-order chi connectivity index (χ0) is 21.6. The number of guanidine groups is 1. The van der Waals surface area contributed by atoms with Gasteiger partial charge in [0.1, 0.15) is 5.01 Å². The SMILES string of the molecule is CCNC(=NCc1nc(C(C)(C)C)cs1)NC1CCN(C(C)c2ccccc2)CC1. The molecule has 1 unspecified atom stereocenters. The normalized spacial score (nSPS) is 17.7. The first-order chi connectivity index (χ1) is 14.4. The maximum atomic E-state index is 4.80. The maximum Gasteiger partial charge on any atom is 0.191 e. The second-order valence-electron chi connectivity index (χ2n) is 9.11. The van der Waals surface area contributed by atoms with E-state index >= 15 is 0 Å². The molecule has 0 radical (unpaired) electrons. The molecule has 1 saturated heterocycles. The predicted molar refractivity (Wildman–Crippen MR) is 128 cm³/mol. The lowest BCUT2D eigenvalue weighted by atomic mass is 9.93. The van der Waals surface area contributed by atoms with Gasteiger partial charge in [0.15, 0.2) is 5.96 Å². The largest absolute Gasteiger partial charge is 0.357 e. The van der Waals surface area contributed by atoms with Crippen LogP contribution in [0.1, 0.15) is 69.8 Å². The van der Waals surface area contributed by atoms with Crippen LogP contribution in [-0.2, 0) is 12.0 Å². The Kier molecular flexibility index (Phi) is 7.89. The lowest BCUT2D eigenvalue weighted by molar-refractivity contribution is 0.158. The summed E-state index contributed by atoms with van der Waals surface area (Å²) in [6.45, 7) is 14.7. The van der Waals surface area contributed by atoms with E-state index in [1.807, 2.05) is 0 Å². The summed E-state index contributed by atoms with van der Waals surface area (Å²) in [6, 6.07) is 11.7. The zero-order valence-corrected chi connectivity index (χ0v) is 19.9. The highest BCUT2D eigenvalue weighted by Gasteiger charge is 2.24. The summed E-state index contributed by atoms with van der Waals surface area (Å²) in [5, 5.41) is 10.3. The molecular weight excluding hydrogens is 390 g/mol. The van der Waals surface area contributed by atoms with E-state index in [0.717, 1.165) is 49.1 Å². The Hall–Kier alpha value is -1.92. The van der Waals surface area contributed by atoms with E-state index in [2.05, 4.69) is 85.9 Å². The molecule has 2 heterocycles. The molecule has 5 nitrogen and oxygen atoms in total. The van der Waals surface area contributed by atoms with Crippen LogP contribution in [0.25, 0.3) is 0 Å². The van der Waals surface area contributed by atoms with Gasteiger partial charge in [0.05, 0.1) is 12.2 Å². The third kappa shape index (κ3) is 6.29. The first-order valence-corrected chi connectivity index (χ1v) is 12.0. The van der Waals surface area contributed by atoms with E-state index in [1.54, 1.807) is 11.3 Å². The molecule has 1 aromatic carbocycles. The monoisotopic (exact) mass is 427 g/mol. The van der Waals surface area contributed by atoms with Gasteiger partial charge in [-0.2, -0.15) is 0 Å². The summed E-state index contributed by atoms with van der Waals surface area (Å²) in [6.07, 6.45) is 2.26. The number of aliphatic imine (C=N–C) groups is 1. The number of likely N-dealkylation sites (tertiary alicyclic amines) is 1. The van der Waals surface area contributed by atoms with Crippen molar-refractivity contribution < 1.29 is 0 Å². The van der Waals surface area contributed by atoms with E-state index in [0.29, 0.717) is 18.6 Å². The Bertz CT molecular complexity index is 801. The van der Waals surface area contributed by atoms with Gasteiger partial charge in [0.25, 0.3) is 0 Å². The number of rotatable bonds is 6. The fourth-order valence-electron chi connectivity index (χ4n) is 3.76. The van der Waals surface area contributed by atoms with Crippen LogP contribution >= 0.6 is 11.3 Å². The Balaban J connectivity index is 1.53. The maximum absolute atomic E-state index is 4.80. The second-order valence-corrected chi connectivity index (χ2v) is 10.1. The van der Waals surface area contributed by atoms with Gasteiger partial charge in [0.2, 0.25) is 0 Å². The van der Waals surface area contributed by atoms with Crippen molar-refractivity contribution in [1.29, 1.82) is 0 Å². The Labute approximate surface area is 186 Å². The molecule has 2 aromatic rings. The number of thiazole rings is 1. The summed E-state index contributed by atoms with van der Waals surface area (Å²) in [7, 11) is 0. The van der Waals surface area contributed by atoms with Gasteiger partial charge in [-0.3, -0.25) is 4.90 Å². The van der Waals surface area contributed by atoms with Gasteiger partial charge in [0, 0.05) is 42.5 Å². The van der Waals surface area contributed by atoms with Crippen molar-refractivity contribution in [2.45, 2.75) is 71.5 Å². The number of hydrogen-bond donors (Lipinski definition) is 2. The van der Waals surface area contributed by atoms with Gasteiger partial charge in [-0.1, -0.05) is 51.1 Å². The predicted octanol–water partition coefficient (Wildman–Crippen LogP) is 4.72. The molecule has 2 N–H and O–H groups in total. The van der Waals surface area contributed by atoms with E-state index < -0.39 is 0 Å². The van der Waals surface area contributed by atoms with Crippen molar-refractivity contribution in [1.82, 2.24) is 20.5 Å². The molecule has 0 bridgehead atoms. The highest BCUT2D eigenvalue weighted by Crippen LogP contribution is 2.25. The molecular formula is C24H37N5S. The third-order valence-electron chi connectivity index (χ3n) is 5.74. The third-order valence-corrected chi connectivity index (χ3v) is 6.57. The minimum Gasteiger partial charge on any atom is -0.357 e. The molecule has 0 aliphatic carbocycles. The van der Waals surface area contributed by atoms with E-state index in [9.17, 15) is 0 Å². The van der Waals surface area contributed by atoms with Gasteiger partial charge in [-0.15, -0.1) is 11.3 Å². The van der Waals surface area contributed by atoms with Gasteiger partial charge >= 0.3 is 0 Å². The topological polar surface area (TPSA) is 52.6 Å². The summed E-state index contributed by atoms with van der Waals surface area (Å²) in [5.74, 6) is 0.902. The van der Waals surface area contributed by atoms with Crippen molar-refractivity contribution in [2.24, 2.45) is 4.99 Å². The molecule has 1 fully saturated rings. The Morgan fingerprint density at radius 1 is 1.23 bits per heavy atom. The standard InChI is InChI=1S/C24H37N5S/c1-6-25-23(26-16-22-28-21(17-30-22)24(3,4)5)27-20-12-14-29(15-13-20)18(2)19-10-8-7-9-11-19/h7-11,17-18,20H,6,12-16H2,1-5H3,(H2,25,26,27). The highest BCUT2D eigenvalue weighted by molar-refractivity contribution is 7.09. The fourth-order valence-corrected chi connectivity index (χ4v) is 4.71. The fraction of sp³-hybridized carbons (Fsp3) is 0.583. The number of nitrogens with zero attached hydrogens (tertiary/aromatic N) is 3. The Morgan fingerprint density at radius 3 is 2.53 bits per heavy atom. The molecule has 164 valence electrons. The summed E-state index contributed by atoms with van der Waals surface area (Å²) in [5.41, 5.74) is 2.64. The summed E-state index contributed by atoms with van der Waals surface area (Å²) >= 11 is 1.70. The first kappa shape index (κ1) is 22.8. The molecule has 3 rings (SSSR count). The minimum absolute atomic E-state index is 0.0894. The molecule has 0 spiro atoms. The molecule has 0 saturated carbocycles. The van der Waals surface area contributed by atoms with Crippen molar-refractivity contribution >= 4 is 17.3 Å². The zero-order valence-electron chi connectivity index (χ0n) is 19.1. The number of benzene rings is 1. The second kappa shape index (κ2) is 10.4. The van der Waals surface area contributed by atoms with Gasteiger partial charge in [-0.05, 0) is 32.3 Å². The van der Waals surface area contributed by atoms with E-state index in [4.69, 9.17) is 9.98 Å². The molecule has 1 atom stereocenters. The molecule has 0 amide bonds. The van der Waals surface area contributed by atoms with Crippen LogP contribution in [0.15, 0.2) is 40.7 Å². The van der Waals surface area contributed by atoms with Crippen LogP contribution in [0.3, 0.4) is 0 Å². The van der Waals surface area contributed by atoms with Gasteiger partial charge in [-0.25, -0.2) is 9.98 Å². The van der Waals surface area contributed by atoms with Crippen molar-refractivity contribution in [3.8, 4) is 0 Å². The lowest BCUT2D eigenvalue weighted by Gasteiger charge is -2.37. The van der Waals surface area contributed by atoms with Crippen molar-refractivity contribution in [3.63, 3.8) is 0 Å². The van der Waals surface area contributed by atoms with Crippen LogP contribution in [-0.4, -0.2) is 41.5 Å². The van der Waals surface area contributed by atoms with E-state index in [1.165, 1.54) is 5.56 Å². The quantitative estimate of drug-likeness (QED) is 0.517. The first-order valence-electron chi connectivity index (χ1n) is 11.2. The number of piperidine rings is 1. The van der Waals surface area contributed by atoms with Crippen LogP contribution < -0.4 is 10.6 Å². The van der Waals surface area contributed by atoms with Crippen LogP contribution in [0.2, 0.25) is 0 Å². The molecule has 1 aliphatic heterocycles. The molecule has 30 heavy (non-hydrogen) atoms. The van der Waals surface area contributed by atoms with E-state index in [-0.39, 0.29) is 5.41 Å². The number of nitrogens with one attached hydrogen (secondary N) is 2. The number of hydrogen-bond acceptors (Lipinski definition) is 4. The molecule has 1 aromatic heterocycles. The highest BCUT2D eigenvalue weighted by atomic mass is 32.1. The smallest absolute Gasteiger partial charge is 0.191 e. The average Bonchev–Trinajstić information content (AvgIpc) is 3.23. The minimum atomic E-state index is 0.0894. The van der Waals surface area contributed by atoms with Crippen LogP contribution in [0.4, 0.5) is 0 Å². The summed E-state index contributed by atoms with van der Waals surface area (Å²) in [4.78, 5) is 12.2. The average molecular weight is 428 g/mol. The number of aromatic nitrogens is 1. The van der Waals surface area contributed by atoms with Crippen molar-refractivity contribution in [3.05, 3.63) is 52.0 Å². The Morgan fingerprint density at radius 2 is 1.93 bits per heavy atom. The van der Waals surface area contributed by atoms with Crippen LogP contribution in [0.5, 0.6) is 0 Å². The van der Waals surface area contributed by atoms with Crippen LogP contribution in [0, 0.1) is 0 Å². The van der Waals surface area contributed by atoms with Crippen molar-refractivity contribution in [2.75, 3.05) is 19.6 Å². The van der Waals surface area contributed by atoms with Gasteiger partial charge < -0.3 is 10.6 Å².